The Morgan fingerprint density at radius 2 is 1.83 bits per heavy atom. The zero-order chi connectivity index (χ0) is 17.0. The number of urea groups is 1. The lowest BCUT2D eigenvalue weighted by Crippen LogP contribution is -2.42. The first-order chi connectivity index (χ1) is 10.8. The standard InChI is InChI=1S/C15H24N4O3S/c1-12(13-4-6-14(7-5-13)23(16,21)22)17-15(20)19-9-3-8-18(2)10-11-19/h4-7,12H,3,8-11H2,1-2H3,(H,17,20)(H2,16,21,22)/t12-/m0/s1. The second-order valence-electron chi connectivity index (χ2n) is 5.93. The number of hydrogen-bond acceptors (Lipinski definition) is 4. The van der Waals surface area contributed by atoms with E-state index in [9.17, 15) is 13.2 Å². The first-order valence-corrected chi connectivity index (χ1v) is 9.19. The van der Waals surface area contributed by atoms with Crippen molar-refractivity contribution in [1.82, 2.24) is 15.1 Å². The Hall–Kier alpha value is -1.64. The van der Waals surface area contributed by atoms with Crippen LogP contribution in [0, 0.1) is 0 Å². The third-order valence-corrected chi connectivity index (χ3v) is 4.98. The smallest absolute Gasteiger partial charge is 0.317 e. The summed E-state index contributed by atoms with van der Waals surface area (Å²) in [6, 6.07) is 5.94. The first-order valence-electron chi connectivity index (χ1n) is 7.64. The number of nitrogens with one attached hydrogen (secondary N) is 1. The minimum Gasteiger partial charge on any atom is -0.331 e. The number of amides is 2. The number of carbonyl (C=O) groups excluding carboxylic acids is 1. The van der Waals surface area contributed by atoms with Crippen molar-refractivity contribution in [2.24, 2.45) is 5.14 Å². The minimum atomic E-state index is -3.69. The zero-order valence-corrected chi connectivity index (χ0v) is 14.3. The molecule has 0 bridgehead atoms. The molecule has 0 spiro atoms. The number of hydrogen-bond donors (Lipinski definition) is 2. The van der Waals surface area contributed by atoms with Gasteiger partial charge < -0.3 is 15.1 Å². The number of primary sulfonamides is 1. The highest BCUT2D eigenvalue weighted by atomic mass is 32.2. The van der Waals surface area contributed by atoms with Gasteiger partial charge in [0.25, 0.3) is 0 Å². The van der Waals surface area contributed by atoms with Crippen LogP contribution in [0.2, 0.25) is 0 Å². The fraction of sp³-hybridized carbons (Fsp3) is 0.533. The molecule has 0 aromatic heterocycles. The van der Waals surface area contributed by atoms with Crippen molar-refractivity contribution in [1.29, 1.82) is 0 Å². The van der Waals surface area contributed by atoms with Gasteiger partial charge in [0, 0.05) is 19.6 Å². The van der Waals surface area contributed by atoms with E-state index in [1.54, 1.807) is 12.1 Å². The number of nitrogens with zero attached hydrogens (tertiary/aromatic N) is 2. The van der Waals surface area contributed by atoms with Gasteiger partial charge in [-0.1, -0.05) is 12.1 Å². The van der Waals surface area contributed by atoms with Crippen LogP contribution in [0.3, 0.4) is 0 Å². The molecular formula is C15H24N4O3S. The molecule has 0 saturated carbocycles. The largest absolute Gasteiger partial charge is 0.331 e. The summed E-state index contributed by atoms with van der Waals surface area (Å²) in [6.45, 7) is 5.18. The maximum absolute atomic E-state index is 12.3. The zero-order valence-electron chi connectivity index (χ0n) is 13.5. The molecule has 0 radical (unpaired) electrons. The van der Waals surface area contributed by atoms with Gasteiger partial charge >= 0.3 is 6.03 Å². The highest BCUT2D eigenvalue weighted by molar-refractivity contribution is 7.89. The fourth-order valence-corrected chi connectivity index (χ4v) is 3.07. The molecule has 2 rings (SSSR count). The minimum absolute atomic E-state index is 0.0651. The molecule has 7 nitrogen and oxygen atoms in total. The van der Waals surface area contributed by atoms with Crippen molar-refractivity contribution in [3.8, 4) is 0 Å². The average molecular weight is 340 g/mol. The summed E-state index contributed by atoms with van der Waals surface area (Å²) in [6.07, 6.45) is 0.960. The molecule has 3 N–H and O–H groups in total. The summed E-state index contributed by atoms with van der Waals surface area (Å²) in [5.41, 5.74) is 0.831. The van der Waals surface area contributed by atoms with Crippen LogP contribution >= 0.6 is 0 Å². The predicted octanol–water partition coefficient (Wildman–Crippen LogP) is 0.742. The van der Waals surface area contributed by atoms with Gasteiger partial charge in [0.1, 0.15) is 0 Å². The van der Waals surface area contributed by atoms with Crippen LogP contribution in [0.15, 0.2) is 29.2 Å². The lowest BCUT2D eigenvalue weighted by molar-refractivity contribution is 0.196. The topological polar surface area (TPSA) is 95.7 Å². The summed E-state index contributed by atoms with van der Waals surface area (Å²) in [7, 11) is -1.64. The van der Waals surface area contributed by atoms with Crippen molar-refractivity contribution in [3.05, 3.63) is 29.8 Å². The van der Waals surface area contributed by atoms with Gasteiger partial charge in [0.05, 0.1) is 10.9 Å². The van der Waals surface area contributed by atoms with E-state index in [1.165, 1.54) is 12.1 Å². The molecule has 1 fully saturated rings. The van der Waals surface area contributed by atoms with Crippen molar-refractivity contribution < 1.29 is 13.2 Å². The van der Waals surface area contributed by atoms with Gasteiger partial charge in [-0.3, -0.25) is 0 Å². The average Bonchev–Trinajstić information content (AvgIpc) is 2.71. The predicted molar refractivity (Wildman–Crippen MR) is 88.4 cm³/mol. The number of rotatable bonds is 3. The third kappa shape index (κ3) is 4.92. The highest BCUT2D eigenvalue weighted by Gasteiger charge is 2.19. The molecule has 1 saturated heterocycles. The number of nitrogens with two attached hydrogens (primary N) is 1. The van der Waals surface area contributed by atoms with Crippen LogP contribution in [0.5, 0.6) is 0 Å². The molecule has 128 valence electrons. The summed E-state index contributed by atoms with van der Waals surface area (Å²) in [5.74, 6) is 0. The summed E-state index contributed by atoms with van der Waals surface area (Å²) in [5, 5.41) is 8.03. The molecule has 23 heavy (non-hydrogen) atoms. The Morgan fingerprint density at radius 3 is 2.43 bits per heavy atom. The molecule has 1 aliphatic rings. The fourth-order valence-electron chi connectivity index (χ4n) is 2.56. The Morgan fingerprint density at radius 1 is 1.17 bits per heavy atom. The van der Waals surface area contributed by atoms with Crippen molar-refractivity contribution in [2.45, 2.75) is 24.3 Å². The van der Waals surface area contributed by atoms with E-state index in [2.05, 4.69) is 17.3 Å². The molecular weight excluding hydrogens is 316 g/mol. The van der Waals surface area contributed by atoms with Gasteiger partial charge in [-0.15, -0.1) is 0 Å². The molecule has 2 amide bonds. The Labute approximate surface area is 137 Å². The summed E-state index contributed by atoms with van der Waals surface area (Å²) >= 11 is 0. The van der Waals surface area contributed by atoms with E-state index in [-0.39, 0.29) is 17.0 Å². The molecule has 8 heteroatoms. The monoisotopic (exact) mass is 340 g/mol. The highest BCUT2D eigenvalue weighted by Crippen LogP contribution is 2.16. The van der Waals surface area contributed by atoms with Crippen LogP contribution < -0.4 is 10.5 Å². The molecule has 0 unspecified atom stereocenters. The van der Waals surface area contributed by atoms with E-state index in [1.807, 2.05) is 11.8 Å². The molecule has 1 heterocycles. The summed E-state index contributed by atoms with van der Waals surface area (Å²) in [4.78, 5) is 16.4. The second-order valence-corrected chi connectivity index (χ2v) is 7.49. The Balaban J connectivity index is 1.98. The second kappa shape index (κ2) is 7.29. The Kier molecular flexibility index (Phi) is 5.61. The van der Waals surface area contributed by atoms with Gasteiger partial charge in [-0.05, 0) is 44.6 Å². The van der Waals surface area contributed by atoms with Gasteiger partial charge in [0.2, 0.25) is 10.0 Å². The molecule has 0 aliphatic carbocycles. The van der Waals surface area contributed by atoms with Crippen LogP contribution in [-0.4, -0.2) is 57.5 Å². The van der Waals surface area contributed by atoms with E-state index in [4.69, 9.17) is 5.14 Å². The van der Waals surface area contributed by atoms with E-state index < -0.39 is 10.0 Å². The molecule has 1 aromatic rings. The van der Waals surface area contributed by atoms with E-state index in [0.29, 0.717) is 6.54 Å². The van der Waals surface area contributed by atoms with Gasteiger partial charge in [-0.2, -0.15) is 0 Å². The SMILES string of the molecule is C[C@H](NC(=O)N1CCCN(C)CC1)c1ccc(S(N)(=O)=O)cc1. The maximum Gasteiger partial charge on any atom is 0.317 e. The maximum atomic E-state index is 12.3. The van der Waals surface area contributed by atoms with Crippen LogP contribution in [0.25, 0.3) is 0 Å². The lowest BCUT2D eigenvalue weighted by atomic mass is 10.1. The number of sulfonamides is 1. The van der Waals surface area contributed by atoms with Crippen molar-refractivity contribution in [2.75, 3.05) is 33.2 Å². The van der Waals surface area contributed by atoms with Gasteiger partial charge in [0.15, 0.2) is 0 Å². The summed E-state index contributed by atoms with van der Waals surface area (Å²) < 4.78 is 22.5. The van der Waals surface area contributed by atoms with Crippen LogP contribution in [0.4, 0.5) is 4.79 Å². The number of likely N-dealkylation sites (N-methyl/N-ethyl adjacent to an activating group) is 1. The molecule has 1 aromatic carbocycles. The molecule has 1 atom stereocenters. The number of carbonyl (C=O) groups is 1. The van der Waals surface area contributed by atoms with Crippen molar-refractivity contribution in [3.63, 3.8) is 0 Å². The third-order valence-electron chi connectivity index (χ3n) is 4.06. The first kappa shape index (κ1) is 17.7. The Bertz CT molecular complexity index is 645. The van der Waals surface area contributed by atoms with Gasteiger partial charge in [-0.25, -0.2) is 18.4 Å². The van der Waals surface area contributed by atoms with Crippen LogP contribution in [-0.2, 0) is 10.0 Å². The lowest BCUT2D eigenvalue weighted by Gasteiger charge is -2.24. The van der Waals surface area contributed by atoms with E-state index in [0.717, 1.165) is 31.6 Å². The number of benzene rings is 1. The van der Waals surface area contributed by atoms with Crippen molar-refractivity contribution >= 4 is 16.1 Å². The van der Waals surface area contributed by atoms with Crippen LogP contribution in [0.1, 0.15) is 24.9 Å². The molecule has 1 aliphatic heterocycles. The quantitative estimate of drug-likeness (QED) is 0.848. The van der Waals surface area contributed by atoms with E-state index >= 15 is 0 Å². The normalized spacial score (nSPS) is 18.3.